The van der Waals surface area contributed by atoms with Crippen LogP contribution in [0.4, 0.5) is 14.6 Å². The van der Waals surface area contributed by atoms with Crippen LogP contribution in [0.25, 0.3) is 0 Å². The van der Waals surface area contributed by atoms with Crippen molar-refractivity contribution < 1.29 is 8.78 Å². The molecule has 5 heteroatoms. The van der Waals surface area contributed by atoms with Gasteiger partial charge < -0.3 is 4.90 Å². The fraction of sp³-hybridized carbons (Fsp3) is 0.625. The van der Waals surface area contributed by atoms with Gasteiger partial charge in [-0.3, -0.25) is 4.68 Å². The van der Waals surface area contributed by atoms with Gasteiger partial charge in [-0.1, -0.05) is 0 Å². The second-order valence-corrected chi connectivity index (χ2v) is 3.38. The Kier molecular flexibility index (Phi) is 1.75. The minimum Gasteiger partial charge on any atom is -0.349 e. The second-order valence-electron chi connectivity index (χ2n) is 3.38. The lowest BCUT2D eigenvalue weighted by Gasteiger charge is -2.14. The van der Waals surface area contributed by atoms with Crippen LogP contribution in [0.15, 0.2) is 12.3 Å². The first-order valence-electron chi connectivity index (χ1n) is 4.19. The van der Waals surface area contributed by atoms with Crippen LogP contribution in [-0.4, -0.2) is 28.8 Å². The third-order valence-electron chi connectivity index (χ3n) is 2.19. The van der Waals surface area contributed by atoms with Crippen molar-refractivity contribution >= 4 is 5.82 Å². The van der Waals surface area contributed by atoms with Crippen LogP contribution in [0.1, 0.15) is 6.42 Å². The normalized spacial score (nSPS) is 21.0. The molecule has 2 heterocycles. The number of rotatable bonds is 1. The van der Waals surface area contributed by atoms with Crippen molar-refractivity contribution in [3.05, 3.63) is 12.3 Å². The van der Waals surface area contributed by atoms with Gasteiger partial charge in [-0.2, -0.15) is 5.10 Å². The molecule has 1 aromatic heterocycles. The standard InChI is InChI=1S/C8H11F2N3/c1-12-4-2-7(11-12)13-5-3-8(9,10)6-13/h2,4H,3,5-6H2,1H3. The molecule has 1 saturated heterocycles. The number of hydrogen-bond donors (Lipinski definition) is 0. The van der Waals surface area contributed by atoms with Crippen LogP contribution in [0, 0.1) is 0 Å². The van der Waals surface area contributed by atoms with Gasteiger partial charge in [0.05, 0.1) is 6.54 Å². The van der Waals surface area contributed by atoms with E-state index in [0.29, 0.717) is 12.4 Å². The number of halogens is 2. The van der Waals surface area contributed by atoms with E-state index >= 15 is 0 Å². The molecular formula is C8H11F2N3. The van der Waals surface area contributed by atoms with E-state index in [-0.39, 0.29) is 13.0 Å². The zero-order valence-electron chi connectivity index (χ0n) is 7.37. The van der Waals surface area contributed by atoms with Crippen molar-refractivity contribution in [2.24, 2.45) is 7.05 Å². The molecule has 0 amide bonds. The lowest BCUT2D eigenvalue weighted by molar-refractivity contribution is 0.0256. The summed E-state index contributed by atoms with van der Waals surface area (Å²) >= 11 is 0. The van der Waals surface area contributed by atoms with Crippen LogP contribution in [0.5, 0.6) is 0 Å². The van der Waals surface area contributed by atoms with Gasteiger partial charge in [0.1, 0.15) is 0 Å². The number of alkyl halides is 2. The first-order chi connectivity index (χ1) is 6.07. The topological polar surface area (TPSA) is 21.1 Å². The Balaban J connectivity index is 2.12. The SMILES string of the molecule is Cn1ccc(N2CCC(F)(F)C2)n1. The van der Waals surface area contributed by atoms with Crippen LogP contribution in [-0.2, 0) is 7.05 Å². The Morgan fingerprint density at radius 1 is 1.54 bits per heavy atom. The molecule has 0 spiro atoms. The highest BCUT2D eigenvalue weighted by atomic mass is 19.3. The zero-order valence-corrected chi connectivity index (χ0v) is 7.37. The Morgan fingerprint density at radius 3 is 2.77 bits per heavy atom. The minimum absolute atomic E-state index is 0.0659. The Bertz CT molecular complexity index is 308. The zero-order chi connectivity index (χ0) is 9.47. The van der Waals surface area contributed by atoms with Gasteiger partial charge in [-0.05, 0) is 0 Å². The number of anilines is 1. The molecule has 0 N–H and O–H groups in total. The quantitative estimate of drug-likeness (QED) is 0.660. The minimum atomic E-state index is -2.54. The highest BCUT2D eigenvalue weighted by Gasteiger charge is 2.38. The third kappa shape index (κ3) is 1.64. The Hall–Kier alpha value is -1.13. The molecule has 0 saturated carbocycles. The van der Waals surface area contributed by atoms with E-state index < -0.39 is 5.92 Å². The summed E-state index contributed by atoms with van der Waals surface area (Å²) in [5.41, 5.74) is 0. The van der Waals surface area contributed by atoms with Crippen LogP contribution in [0.3, 0.4) is 0 Å². The molecule has 0 unspecified atom stereocenters. The summed E-state index contributed by atoms with van der Waals surface area (Å²) in [5.74, 6) is -1.91. The maximum Gasteiger partial charge on any atom is 0.266 e. The van der Waals surface area contributed by atoms with E-state index in [2.05, 4.69) is 5.10 Å². The predicted molar refractivity (Wildman–Crippen MR) is 45.0 cm³/mol. The summed E-state index contributed by atoms with van der Waals surface area (Å²) in [6.45, 7) is 0.189. The van der Waals surface area contributed by atoms with Crippen molar-refractivity contribution in [2.45, 2.75) is 12.3 Å². The Morgan fingerprint density at radius 2 is 2.31 bits per heavy atom. The van der Waals surface area contributed by atoms with Gasteiger partial charge >= 0.3 is 0 Å². The molecule has 3 nitrogen and oxygen atoms in total. The number of nitrogens with zero attached hydrogens (tertiary/aromatic N) is 3. The van der Waals surface area contributed by atoms with Crippen molar-refractivity contribution in [3.8, 4) is 0 Å². The third-order valence-corrected chi connectivity index (χ3v) is 2.19. The lowest BCUT2D eigenvalue weighted by atomic mass is 10.3. The van der Waals surface area contributed by atoms with E-state index in [9.17, 15) is 8.78 Å². The maximum absolute atomic E-state index is 12.8. The van der Waals surface area contributed by atoms with Crippen LogP contribution < -0.4 is 4.90 Å². The molecule has 1 fully saturated rings. The molecular weight excluding hydrogens is 176 g/mol. The average molecular weight is 187 g/mol. The highest BCUT2D eigenvalue weighted by molar-refractivity contribution is 5.38. The summed E-state index contributed by atoms with van der Waals surface area (Å²) in [5, 5.41) is 4.07. The molecule has 1 aliphatic rings. The summed E-state index contributed by atoms with van der Waals surface area (Å²) < 4.78 is 27.2. The van der Waals surface area contributed by atoms with Crippen LogP contribution in [0.2, 0.25) is 0 Å². The average Bonchev–Trinajstić information content (AvgIpc) is 2.56. The van der Waals surface area contributed by atoms with Gasteiger partial charge in [0, 0.05) is 32.3 Å². The number of aromatic nitrogens is 2. The van der Waals surface area contributed by atoms with Gasteiger partial charge in [0.25, 0.3) is 5.92 Å². The van der Waals surface area contributed by atoms with Gasteiger partial charge in [0.15, 0.2) is 5.82 Å². The van der Waals surface area contributed by atoms with Crippen LogP contribution >= 0.6 is 0 Å². The lowest BCUT2D eigenvalue weighted by Crippen LogP contribution is -2.25. The fourth-order valence-electron chi connectivity index (χ4n) is 1.50. The van der Waals surface area contributed by atoms with Crippen molar-refractivity contribution in [2.75, 3.05) is 18.0 Å². The first-order valence-corrected chi connectivity index (χ1v) is 4.19. The van der Waals surface area contributed by atoms with Gasteiger partial charge in [0.2, 0.25) is 0 Å². The van der Waals surface area contributed by atoms with E-state index in [4.69, 9.17) is 0 Å². The molecule has 0 bridgehead atoms. The molecule has 0 aromatic carbocycles. The Labute approximate surface area is 74.9 Å². The fourth-order valence-corrected chi connectivity index (χ4v) is 1.50. The van der Waals surface area contributed by atoms with Crippen molar-refractivity contribution in [1.29, 1.82) is 0 Å². The number of hydrogen-bond acceptors (Lipinski definition) is 2. The second kappa shape index (κ2) is 2.68. The van der Waals surface area contributed by atoms with E-state index in [1.54, 1.807) is 28.9 Å². The van der Waals surface area contributed by atoms with E-state index in [0.717, 1.165) is 0 Å². The van der Waals surface area contributed by atoms with Gasteiger partial charge in [-0.15, -0.1) is 0 Å². The molecule has 72 valence electrons. The van der Waals surface area contributed by atoms with E-state index in [1.807, 2.05) is 0 Å². The molecule has 2 rings (SSSR count). The summed E-state index contributed by atoms with van der Waals surface area (Å²) in [6, 6.07) is 1.75. The molecule has 0 radical (unpaired) electrons. The smallest absolute Gasteiger partial charge is 0.266 e. The van der Waals surface area contributed by atoms with Crippen molar-refractivity contribution in [1.82, 2.24) is 9.78 Å². The largest absolute Gasteiger partial charge is 0.349 e. The predicted octanol–water partition coefficient (Wildman–Crippen LogP) is 1.27. The molecule has 1 aliphatic heterocycles. The van der Waals surface area contributed by atoms with Gasteiger partial charge in [-0.25, -0.2) is 8.78 Å². The summed E-state index contributed by atoms with van der Waals surface area (Å²) in [6.07, 6.45) is 1.69. The molecule has 0 aliphatic carbocycles. The summed E-state index contributed by atoms with van der Waals surface area (Å²) in [7, 11) is 1.78. The molecule has 1 aromatic rings. The monoisotopic (exact) mass is 187 g/mol. The van der Waals surface area contributed by atoms with E-state index in [1.165, 1.54) is 0 Å². The maximum atomic E-state index is 12.8. The first kappa shape index (κ1) is 8.47. The highest BCUT2D eigenvalue weighted by Crippen LogP contribution is 2.29. The molecule has 13 heavy (non-hydrogen) atoms. The van der Waals surface area contributed by atoms with Crippen molar-refractivity contribution in [3.63, 3.8) is 0 Å². The summed E-state index contributed by atoms with van der Waals surface area (Å²) in [4.78, 5) is 1.61. The molecule has 0 atom stereocenters. The number of aryl methyl sites for hydroxylation is 1.